The van der Waals surface area contributed by atoms with Crippen molar-refractivity contribution in [3.8, 4) is 0 Å². The molecule has 1 amide bonds. The molecule has 25 heavy (non-hydrogen) atoms. The average Bonchev–Trinajstić information content (AvgIpc) is 3.26. The number of aryl methyl sites for hydroxylation is 3. The number of carbonyl (C=O) groups is 1. The molecule has 0 N–H and O–H groups in total. The van der Waals surface area contributed by atoms with Crippen LogP contribution in [-0.4, -0.2) is 47.8 Å². The lowest BCUT2D eigenvalue weighted by atomic mass is 10.2. The number of hydrogen-bond donors (Lipinski definition) is 0. The number of pyridine rings is 1. The third-order valence-corrected chi connectivity index (χ3v) is 4.89. The second-order valence-corrected chi connectivity index (χ2v) is 6.55. The van der Waals surface area contributed by atoms with Crippen molar-refractivity contribution in [2.45, 2.75) is 19.4 Å². The maximum Gasteiger partial charge on any atom is 0.330 e. The van der Waals surface area contributed by atoms with Crippen LogP contribution in [0, 0.1) is 6.92 Å². The first-order valence-electron chi connectivity index (χ1n) is 8.29. The van der Waals surface area contributed by atoms with Gasteiger partial charge in [-0.05, 0) is 31.5 Å². The average molecular weight is 340 g/mol. The zero-order chi connectivity index (χ0) is 17.7. The molecule has 1 aliphatic heterocycles. The molecule has 0 saturated carbocycles. The Labute approximate surface area is 144 Å². The van der Waals surface area contributed by atoms with Gasteiger partial charge in [0.2, 0.25) is 0 Å². The number of rotatable bonds is 2. The van der Waals surface area contributed by atoms with E-state index in [0.717, 1.165) is 17.6 Å². The summed E-state index contributed by atoms with van der Waals surface area (Å²) in [4.78, 5) is 31.6. The SMILES string of the molecule is Cc1cc(C(=O)N2CC[C@@H](n3c(=O)n(C)c4cccnc43)C2)n(C)n1. The molecule has 1 fully saturated rings. The van der Waals surface area contributed by atoms with Gasteiger partial charge in [-0.25, -0.2) is 9.78 Å². The highest BCUT2D eigenvalue weighted by atomic mass is 16.2. The van der Waals surface area contributed by atoms with E-state index in [1.807, 2.05) is 19.1 Å². The Morgan fingerprint density at radius 2 is 2.12 bits per heavy atom. The molecular weight excluding hydrogens is 320 g/mol. The molecule has 0 spiro atoms. The number of hydrogen-bond acceptors (Lipinski definition) is 4. The van der Waals surface area contributed by atoms with Gasteiger partial charge in [-0.3, -0.25) is 18.6 Å². The first-order valence-corrected chi connectivity index (χ1v) is 8.29. The molecule has 0 bridgehead atoms. The second-order valence-electron chi connectivity index (χ2n) is 6.55. The van der Waals surface area contributed by atoms with E-state index in [2.05, 4.69) is 10.1 Å². The van der Waals surface area contributed by atoms with E-state index >= 15 is 0 Å². The van der Waals surface area contributed by atoms with E-state index in [-0.39, 0.29) is 17.6 Å². The van der Waals surface area contributed by atoms with Crippen LogP contribution in [0.5, 0.6) is 0 Å². The van der Waals surface area contributed by atoms with Gasteiger partial charge in [-0.15, -0.1) is 0 Å². The number of amides is 1. The molecule has 8 nitrogen and oxygen atoms in total. The first kappa shape index (κ1) is 15.6. The molecular formula is C17H20N6O2. The fraction of sp³-hybridized carbons (Fsp3) is 0.412. The summed E-state index contributed by atoms with van der Waals surface area (Å²) < 4.78 is 4.94. The van der Waals surface area contributed by atoms with Crippen LogP contribution in [0.4, 0.5) is 0 Å². The van der Waals surface area contributed by atoms with Crippen molar-refractivity contribution >= 4 is 17.1 Å². The van der Waals surface area contributed by atoms with Gasteiger partial charge in [0, 0.05) is 33.4 Å². The molecule has 4 heterocycles. The largest absolute Gasteiger partial charge is 0.335 e. The summed E-state index contributed by atoms with van der Waals surface area (Å²) in [5.41, 5.74) is 2.77. The molecule has 130 valence electrons. The lowest BCUT2D eigenvalue weighted by molar-refractivity contribution is 0.0776. The Kier molecular flexibility index (Phi) is 3.48. The van der Waals surface area contributed by atoms with E-state index < -0.39 is 0 Å². The third-order valence-electron chi connectivity index (χ3n) is 4.89. The molecule has 0 radical (unpaired) electrons. The Morgan fingerprint density at radius 3 is 2.84 bits per heavy atom. The number of nitrogens with zero attached hydrogens (tertiary/aromatic N) is 6. The van der Waals surface area contributed by atoms with E-state index in [0.29, 0.717) is 24.4 Å². The zero-order valence-electron chi connectivity index (χ0n) is 14.5. The quantitative estimate of drug-likeness (QED) is 0.693. The van der Waals surface area contributed by atoms with Crippen molar-refractivity contribution in [2.75, 3.05) is 13.1 Å². The number of likely N-dealkylation sites (tertiary alicyclic amines) is 1. The summed E-state index contributed by atoms with van der Waals surface area (Å²) >= 11 is 0. The molecule has 8 heteroatoms. The highest BCUT2D eigenvalue weighted by Gasteiger charge is 2.32. The maximum absolute atomic E-state index is 12.8. The van der Waals surface area contributed by atoms with Crippen LogP contribution in [0.3, 0.4) is 0 Å². The fourth-order valence-corrected chi connectivity index (χ4v) is 3.63. The van der Waals surface area contributed by atoms with Crippen LogP contribution in [0.15, 0.2) is 29.2 Å². The topological polar surface area (TPSA) is 78.0 Å². The fourth-order valence-electron chi connectivity index (χ4n) is 3.63. The van der Waals surface area contributed by atoms with Crippen molar-refractivity contribution in [1.82, 2.24) is 28.8 Å². The molecule has 1 atom stereocenters. The van der Waals surface area contributed by atoms with Gasteiger partial charge in [0.05, 0.1) is 17.3 Å². The van der Waals surface area contributed by atoms with Crippen molar-refractivity contribution < 1.29 is 4.79 Å². The zero-order valence-corrected chi connectivity index (χ0v) is 14.5. The summed E-state index contributed by atoms with van der Waals surface area (Å²) in [6.07, 6.45) is 2.42. The minimum atomic E-state index is -0.0932. The molecule has 4 rings (SSSR count). The van der Waals surface area contributed by atoms with Crippen molar-refractivity contribution in [2.24, 2.45) is 14.1 Å². The highest BCUT2D eigenvalue weighted by molar-refractivity contribution is 5.93. The second kappa shape index (κ2) is 5.58. The summed E-state index contributed by atoms with van der Waals surface area (Å²) in [5.74, 6) is -0.0492. The van der Waals surface area contributed by atoms with Crippen LogP contribution in [-0.2, 0) is 14.1 Å². The number of imidazole rings is 1. The van der Waals surface area contributed by atoms with Crippen LogP contribution < -0.4 is 5.69 Å². The number of fused-ring (bicyclic) bond motifs is 1. The van der Waals surface area contributed by atoms with Crippen LogP contribution in [0.2, 0.25) is 0 Å². The smallest absolute Gasteiger partial charge is 0.330 e. The summed E-state index contributed by atoms with van der Waals surface area (Å²) in [7, 11) is 3.52. The van der Waals surface area contributed by atoms with E-state index in [1.165, 1.54) is 0 Å². The number of aromatic nitrogens is 5. The molecule has 3 aromatic rings. The summed E-state index contributed by atoms with van der Waals surface area (Å²) in [5, 5.41) is 4.24. The van der Waals surface area contributed by atoms with Crippen LogP contribution >= 0.6 is 0 Å². The molecule has 1 saturated heterocycles. The van der Waals surface area contributed by atoms with E-state index in [9.17, 15) is 9.59 Å². The van der Waals surface area contributed by atoms with Crippen LogP contribution in [0.1, 0.15) is 28.6 Å². The molecule has 0 aromatic carbocycles. The Bertz CT molecular complexity index is 1030. The number of carbonyl (C=O) groups excluding carboxylic acids is 1. The molecule has 3 aromatic heterocycles. The third kappa shape index (κ3) is 2.36. The molecule has 0 aliphatic carbocycles. The van der Waals surface area contributed by atoms with E-state index in [1.54, 1.807) is 45.1 Å². The van der Waals surface area contributed by atoms with E-state index in [4.69, 9.17) is 0 Å². The van der Waals surface area contributed by atoms with Crippen molar-refractivity contribution in [1.29, 1.82) is 0 Å². The van der Waals surface area contributed by atoms with Gasteiger partial charge in [-0.2, -0.15) is 5.10 Å². The standard InChI is InChI=1S/C17H20N6O2/c1-11-9-14(21(3)19-11)16(24)22-8-6-12(10-22)23-15-13(5-4-7-18-15)20(2)17(23)25/h4-5,7,9,12H,6,8,10H2,1-3H3/t12-/m1/s1. The van der Waals surface area contributed by atoms with Crippen molar-refractivity contribution in [3.05, 3.63) is 46.3 Å². The van der Waals surface area contributed by atoms with Crippen molar-refractivity contribution in [3.63, 3.8) is 0 Å². The van der Waals surface area contributed by atoms with Gasteiger partial charge < -0.3 is 4.90 Å². The van der Waals surface area contributed by atoms with Crippen LogP contribution in [0.25, 0.3) is 11.2 Å². The first-order chi connectivity index (χ1) is 12.0. The van der Waals surface area contributed by atoms with Gasteiger partial charge in [0.15, 0.2) is 5.65 Å². The highest BCUT2D eigenvalue weighted by Crippen LogP contribution is 2.25. The van der Waals surface area contributed by atoms with Gasteiger partial charge in [0.25, 0.3) is 5.91 Å². The Balaban J connectivity index is 1.66. The predicted octanol–water partition coefficient (Wildman–Crippen LogP) is 0.864. The van der Waals surface area contributed by atoms with Gasteiger partial charge in [0.1, 0.15) is 5.69 Å². The molecule has 1 aliphatic rings. The predicted molar refractivity (Wildman–Crippen MR) is 92.5 cm³/mol. The Morgan fingerprint density at radius 1 is 1.32 bits per heavy atom. The summed E-state index contributed by atoms with van der Waals surface area (Å²) in [6, 6.07) is 5.43. The minimum Gasteiger partial charge on any atom is -0.335 e. The lowest BCUT2D eigenvalue weighted by Crippen LogP contribution is -2.32. The minimum absolute atomic E-state index is 0.0492. The molecule has 0 unspecified atom stereocenters. The lowest BCUT2D eigenvalue weighted by Gasteiger charge is -2.17. The monoisotopic (exact) mass is 340 g/mol. The maximum atomic E-state index is 12.8. The Hall–Kier alpha value is -2.90. The van der Waals surface area contributed by atoms with Gasteiger partial charge in [-0.1, -0.05) is 0 Å². The summed E-state index contributed by atoms with van der Waals surface area (Å²) in [6.45, 7) is 2.98. The van der Waals surface area contributed by atoms with Gasteiger partial charge >= 0.3 is 5.69 Å². The normalized spacial score (nSPS) is 17.6.